The number of carbonyl (C=O) groups excluding carboxylic acids is 1. The van der Waals surface area contributed by atoms with Gasteiger partial charge in [-0.25, -0.2) is 0 Å². The lowest BCUT2D eigenvalue weighted by Gasteiger charge is -2.32. The van der Waals surface area contributed by atoms with E-state index in [1.54, 1.807) is 0 Å². The van der Waals surface area contributed by atoms with Crippen molar-refractivity contribution in [2.45, 2.75) is 57.8 Å². The lowest BCUT2D eigenvalue weighted by molar-refractivity contribution is -0.133. The van der Waals surface area contributed by atoms with E-state index in [0.29, 0.717) is 23.8 Å². The summed E-state index contributed by atoms with van der Waals surface area (Å²) in [5.74, 6) is 2.49. The summed E-state index contributed by atoms with van der Waals surface area (Å²) >= 11 is 0. The molecule has 1 aromatic rings. The first-order valence-corrected chi connectivity index (χ1v) is 9.39. The Labute approximate surface area is 144 Å². The quantitative estimate of drug-likeness (QED) is 0.800. The molecule has 6 heteroatoms. The summed E-state index contributed by atoms with van der Waals surface area (Å²) in [6, 6.07) is 0.567. The van der Waals surface area contributed by atoms with Crippen LogP contribution in [0, 0.1) is 11.8 Å². The first kappa shape index (κ1) is 17.2. The molecule has 2 aliphatic rings. The van der Waals surface area contributed by atoms with Gasteiger partial charge in [-0.15, -0.1) is 0 Å². The number of hydrogen-bond donors (Lipinski definition) is 0. The average Bonchev–Trinajstić information content (AvgIpc) is 3.25. The van der Waals surface area contributed by atoms with Gasteiger partial charge < -0.3 is 14.3 Å². The second kappa shape index (κ2) is 7.99. The van der Waals surface area contributed by atoms with Gasteiger partial charge in [0.15, 0.2) is 5.82 Å². The van der Waals surface area contributed by atoms with Gasteiger partial charge in [-0.2, -0.15) is 4.98 Å². The highest BCUT2D eigenvalue weighted by atomic mass is 16.5. The van der Waals surface area contributed by atoms with Crippen LogP contribution in [0.4, 0.5) is 6.01 Å². The minimum Gasteiger partial charge on any atom is -0.343 e. The second-order valence-corrected chi connectivity index (χ2v) is 7.61. The molecule has 0 aromatic carbocycles. The van der Waals surface area contributed by atoms with Gasteiger partial charge in [-0.05, 0) is 43.9 Å². The Morgan fingerprint density at radius 1 is 1.17 bits per heavy atom. The van der Waals surface area contributed by atoms with E-state index in [0.717, 1.165) is 51.0 Å². The lowest BCUT2D eigenvalue weighted by Crippen LogP contribution is -2.39. The Bertz CT molecular complexity index is 529. The highest BCUT2D eigenvalue weighted by Crippen LogP contribution is 2.29. The Morgan fingerprint density at radius 3 is 2.50 bits per heavy atom. The lowest BCUT2D eigenvalue weighted by atomic mass is 9.91. The third-order valence-electron chi connectivity index (χ3n) is 5.52. The fourth-order valence-corrected chi connectivity index (χ4v) is 3.92. The van der Waals surface area contributed by atoms with Crippen molar-refractivity contribution in [3.63, 3.8) is 0 Å². The summed E-state index contributed by atoms with van der Waals surface area (Å²) in [5.41, 5.74) is 0. The fraction of sp³-hybridized carbons (Fsp3) is 0.833. The minimum absolute atomic E-state index is 0.383. The molecule has 1 aliphatic heterocycles. The van der Waals surface area contributed by atoms with E-state index in [-0.39, 0.29) is 0 Å². The Morgan fingerprint density at radius 2 is 1.88 bits per heavy atom. The Balaban J connectivity index is 1.37. The van der Waals surface area contributed by atoms with Crippen LogP contribution in [0.2, 0.25) is 0 Å². The molecule has 0 N–H and O–H groups in total. The Hall–Kier alpha value is -1.59. The van der Waals surface area contributed by atoms with Gasteiger partial charge in [0.2, 0.25) is 5.91 Å². The van der Waals surface area contributed by atoms with Crippen LogP contribution < -0.4 is 4.90 Å². The van der Waals surface area contributed by atoms with Crippen LogP contribution in [0.15, 0.2) is 4.52 Å². The smallest absolute Gasteiger partial charge is 0.323 e. The summed E-state index contributed by atoms with van der Waals surface area (Å²) in [6.45, 7) is 1.84. The van der Waals surface area contributed by atoms with E-state index < -0.39 is 0 Å². The maximum atomic E-state index is 12.4. The number of aromatic nitrogens is 2. The fourth-order valence-electron chi connectivity index (χ4n) is 3.92. The number of carbonyl (C=O) groups is 1. The predicted octanol–water partition coefficient (Wildman–Crippen LogP) is 2.89. The summed E-state index contributed by atoms with van der Waals surface area (Å²) in [7, 11) is 3.80. The molecule has 3 rings (SSSR count). The van der Waals surface area contributed by atoms with E-state index >= 15 is 0 Å². The molecule has 1 amide bonds. The molecule has 1 saturated heterocycles. The molecule has 2 heterocycles. The molecule has 134 valence electrons. The molecule has 1 aliphatic carbocycles. The van der Waals surface area contributed by atoms with Crippen LogP contribution in [0.25, 0.3) is 0 Å². The van der Waals surface area contributed by atoms with Crippen molar-refractivity contribution in [3.8, 4) is 0 Å². The van der Waals surface area contributed by atoms with Crippen LogP contribution >= 0.6 is 0 Å². The monoisotopic (exact) mass is 334 g/mol. The SMILES string of the molecule is CN(C)c1nc(CCC2CCN(C(=O)CC3CCCC3)CC2)no1. The second-order valence-electron chi connectivity index (χ2n) is 7.61. The molecule has 0 atom stereocenters. The summed E-state index contributed by atoms with van der Waals surface area (Å²) in [5, 5.41) is 4.03. The topological polar surface area (TPSA) is 62.5 Å². The van der Waals surface area contributed by atoms with Gasteiger partial charge in [0.25, 0.3) is 0 Å². The molecular weight excluding hydrogens is 304 g/mol. The van der Waals surface area contributed by atoms with Crippen LogP contribution in [0.5, 0.6) is 0 Å². The number of nitrogens with zero attached hydrogens (tertiary/aromatic N) is 4. The number of hydrogen-bond acceptors (Lipinski definition) is 5. The van der Waals surface area contributed by atoms with Gasteiger partial charge in [-0.3, -0.25) is 4.79 Å². The van der Waals surface area contributed by atoms with Gasteiger partial charge in [-0.1, -0.05) is 18.0 Å². The predicted molar refractivity (Wildman–Crippen MR) is 92.8 cm³/mol. The first-order chi connectivity index (χ1) is 11.6. The third kappa shape index (κ3) is 4.48. The number of anilines is 1. The van der Waals surface area contributed by atoms with Crippen molar-refractivity contribution in [2.75, 3.05) is 32.1 Å². The molecule has 0 spiro atoms. The van der Waals surface area contributed by atoms with Crippen LogP contribution in [-0.2, 0) is 11.2 Å². The standard InChI is InChI=1S/C18H30N4O2/c1-21(2)18-19-16(20-24-18)8-7-14-9-11-22(12-10-14)17(23)13-15-5-3-4-6-15/h14-15H,3-13H2,1-2H3. The van der Waals surface area contributed by atoms with Crippen molar-refractivity contribution >= 4 is 11.9 Å². The van der Waals surface area contributed by atoms with E-state index in [9.17, 15) is 4.79 Å². The van der Waals surface area contributed by atoms with Crippen molar-refractivity contribution in [1.29, 1.82) is 0 Å². The van der Waals surface area contributed by atoms with Crippen LogP contribution in [0.3, 0.4) is 0 Å². The zero-order valence-corrected chi connectivity index (χ0v) is 15.0. The molecule has 1 saturated carbocycles. The average molecular weight is 334 g/mol. The van der Waals surface area contributed by atoms with Gasteiger partial charge in [0, 0.05) is 40.0 Å². The van der Waals surface area contributed by atoms with Crippen molar-refractivity contribution in [1.82, 2.24) is 15.0 Å². The minimum atomic E-state index is 0.383. The highest BCUT2D eigenvalue weighted by molar-refractivity contribution is 5.76. The normalized spacial score (nSPS) is 19.8. The molecule has 1 aromatic heterocycles. The number of amides is 1. The van der Waals surface area contributed by atoms with E-state index in [2.05, 4.69) is 15.0 Å². The number of aryl methyl sites for hydroxylation is 1. The number of rotatable bonds is 6. The highest BCUT2D eigenvalue weighted by Gasteiger charge is 2.26. The van der Waals surface area contributed by atoms with Crippen molar-refractivity contribution in [2.24, 2.45) is 11.8 Å². The maximum Gasteiger partial charge on any atom is 0.323 e. The van der Waals surface area contributed by atoms with Gasteiger partial charge >= 0.3 is 6.01 Å². The van der Waals surface area contributed by atoms with Gasteiger partial charge in [0.1, 0.15) is 0 Å². The molecule has 0 bridgehead atoms. The number of likely N-dealkylation sites (tertiary alicyclic amines) is 1. The zero-order chi connectivity index (χ0) is 16.9. The van der Waals surface area contributed by atoms with E-state index in [4.69, 9.17) is 4.52 Å². The molecular formula is C18H30N4O2. The zero-order valence-electron chi connectivity index (χ0n) is 15.0. The number of piperidine rings is 1. The molecule has 24 heavy (non-hydrogen) atoms. The molecule has 2 fully saturated rings. The van der Waals surface area contributed by atoms with Gasteiger partial charge in [0.05, 0.1) is 0 Å². The third-order valence-corrected chi connectivity index (χ3v) is 5.52. The van der Waals surface area contributed by atoms with Crippen molar-refractivity contribution < 1.29 is 9.32 Å². The summed E-state index contributed by atoms with van der Waals surface area (Å²) in [4.78, 5) is 20.7. The van der Waals surface area contributed by atoms with Crippen molar-refractivity contribution in [3.05, 3.63) is 5.82 Å². The Kier molecular flexibility index (Phi) is 5.74. The maximum absolute atomic E-state index is 12.4. The molecule has 0 unspecified atom stereocenters. The largest absolute Gasteiger partial charge is 0.343 e. The van der Waals surface area contributed by atoms with E-state index in [1.807, 2.05) is 19.0 Å². The summed E-state index contributed by atoms with van der Waals surface area (Å²) in [6.07, 6.45) is 10.1. The first-order valence-electron chi connectivity index (χ1n) is 9.39. The molecule has 6 nitrogen and oxygen atoms in total. The molecule has 0 radical (unpaired) electrons. The van der Waals surface area contributed by atoms with Crippen LogP contribution in [0.1, 0.15) is 57.2 Å². The van der Waals surface area contributed by atoms with E-state index in [1.165, 1.54) is 25.7 Å². The summed E-state index contributed by atoms with van der Waals surface area (Å²) < 4.78 is 5.19. The van der Waals surface area contributed by atoms with Crippen LogP contribution in [-0.4, -0.2) is 48.1 Å².